The van der Waals surface area contributed by atoms with Crippen LogP contribution in [0.5, 0.6) is 0 Å². The Bertz CT molecular complexity index is 675. The highest BCUT2D eigenvalue weighted by molar-refractivity contribution is 5.88. The lowest BCUT2D eigenvalue weighted by molar-refractivity contribution is 0.312. The topological polar surface area (TPSA) is 61.0 Å². The van der Waals surface area contributed by atoms with Gasteiger partial charge in [-0.15, -0.1) is 0 Å². The highest BCUT2D eigenvalue weighted by Gasteiger charge is 2.19. The molecule has 1 fully saturated rings. The van der Waals surface area contributed by atoms with Crippen LogP contribution >= 0.6 is 0 Å². The van der Waals surface area contributed by atoms with E-state index in [0.717, 1.165) is 48.9 Å². The predicted octanol–water partition coefficient (Wildman–Crippen LogP) is 1.41. The van der Waals surface area contributed by atoms with E-state index in [1.165, 1.54) is 0 Å². The Balaban J connectivity index is 1.99. The fourth-order valence-electron chi connectivity index (χ4n) is 2.77. The molecule has 0 amide bonds. The lowest BCUT2D eigenvalue weighted by atomic mass is 10.3. The Morgan fingerprint density at radius 2 is 2.00 bits per heavy atom. The number of piperazine rings is 1. The molecule has 1 saturated heterocycles. The van der Waals surface area contributed by atoms with Crippen LogP contribution in [-0.4, -0.2) is 52.7 Å². The number of hydrogen-bond donors (Lipinski definition) is 0. The minimum atomic E-state index is 0.497. The van der Waals surface area contributed by atoms with Crippen LogP contribution in [0.15, 0.2) is 12.3 Å². The number of hydrogen-bond acceptors (Lipinski definition) is 5. The van der Waals surface area contributed by atoms with Crippen molar-refractivity contribution in [2.24, 2.45) is 0 Å². The van der Waals surface area contributed by atoms with Crippen molar-refractivity contribution in [3.05, 3.63) is 18.1 Å². The lowest BCUT2D eigenvalue weighted by Gasteiger charge is -2.33. The third kappa shape index (κ3) is 2.69. The van der Waals surface area contributed by atoms with E-state index in [1.54, 1.807) is 0 Å². The van der Waals surface area contributed by atoms with Crippen molar-refractivity contribution in [1.29, 1.82) is 5.26 Å². The van der Waals surface area contributed by atoms with Crippen molar-refractivity contribution >= 4 is 16.9 Å². The van der Waals surface area contributed by atoms with Crippen molar-refractivity contribution in [2.45, 2.75) is 19.9 Å². The maximum atomic E-state index is 8.77. The number of nitrogens with zero attached hydrogens (tertiary/aromatic N) is 6. The largest absolute Gasteiger partial charge is 0.353 e. The summed E-state index contributed by atoms with van der Waals surface area (Å²) in [4.78, 5) is 13.9. The number of anilines is 1. The number of rotatable bonds is 3. The molecule has 0 aromatic carbocycles. The molecular formula is C15H20N6. The van der Waals surface area contributed by atoms with Gasteiger partial charge in [0.05, 0.1) is 17.9 Å². The molecule has 2 aromatic heterocycles. The van der Waals surface area contributed by atoms with Crippen molar-refractivity contribution in [3.63, 3.8) is 0 Å². The van der Waals surface area contributed by atoms with Gasteiger partial charge >= 0.3 is 0 Å². The van der Waals surface area contributed by atoms with Gasteiger partial charge in [-0.3, -0.25) is 0 Å². The van der Waals surface area contributed by atoms with Crippen molar-refractivity contribution in [2.75, 3.05) is 38.1 Å². The number of nitriles is 1. The van der Waals surface area contributed by atoms with E-state index in [2.05, 4.69) is 39.0 Å². The zero-order valence-corrected chi connectivity index (χ0v) is 12.6. The van der Waals surface area contributed by atoms with Gasteiger partial charge in [0.1, 0.15) is 17.3 Å². The Labute approximate surface area is 124 Å². The lowest BCUT2D eigenvalue weighted by Crippen LogP contribution is -2.45. The summed E-state index contributed by atoms with van der Waals surface area (Å²) in [5, 5.41) is 9.85. The molecule has 0 unspecified atom stereocenters. The first-order valence-corrected chi connectivity index (χ1v) is 7.33. The maximum Gasteiger partial charge on any atom is 0.145 e. The van der Waals surface area contributed by atoms with Crippen LogP contribution in [0.25, 0.3) is 11.0 Å². The SMILES string of the molecule is Cc1nc(N2CCN(C)CC2)c2ccn(CCC#N)c2n1. The third-order valence-corrected chi connectivity index (χ3v) is 3.98. The molecule has 6 heteroatoms. The Morgan fingerprint density at radius 3 is 2.71 bits per heavy atom. The van der Waals surface area contributed by atoms with Gasteiger partial charge in [-0.1, -0.05) is 0 Å². The summed E-state index contributed by atoms with van der Waals surface area (Å²) in [6.07, 6.45) is 2.51. The van der Waals surface area contributed by atoms with Crippen molar-refractivity contribution in [1.82, 2.24) is 19.4 Å². The van der Waals surface area contributed by atoms with Crippen molar-refractivity contribution < 1.29 is 0 Å². The highest BCUT2D eigenvalue weighted by atomic mass is 15.3. The summed E-state index contributed by atoms with van der Waals surface area (Å²) in [5.74, 6) is 1.81. The van der Waals surface area contributed by atoms with E-state index in [1.807, 2.05) is 17.7 Å². The highest BCUT2D eigenvalue weighted by Crippen LogP contribution is 2.26. The molecule has 0 spiro atoms. The van der Waals surface area contributed by atoms with Gasteiger partial charge in [-0.25, -0.2) is 9.97 Å². The summed E-state index contributed by atoms with van der Waals surface area (Å²) in [5.41, 5.74) is 0.937. The van der Waals surface area contributed by atoms with Gasteiger partial charge in [0.25, 0.3) is 0 Å². The van der Waals surface area contributed by atoms with Gasteiger partial charge in [-0.2, -0.15) is 5.26 Å². The molecule has 0 aliphatic carbocycles. The number of aromatic nitrogens is 3. The van der Waals surface area contributed by atoms with E-state index in [0.29, 0.717) is 13.0 Å². The monoisotopic (exact) mass is 284 g/mol. The fraction of sp³-hybridized carbons (Fsp3) is 0.533. The predicted molar refractivity (Wildman–Crippen MR) is 82.2 cm³/mol. The second kappa shape index (κ2) is 5.70. The van der Waals surface area contributed by atoms with Crippen molar-refractivity contribution in [3.8, 4) is 6.07 Å². The number of fused-ring (bicyclic) bond motifs is 1. The van der Waals surface area contributed by atoms with E-state index in [4.69, 9.17) is 5.26 Å². The molecule has 0 atom stereocenters. The summed E-state index contributed by atoms with van der Waals surface area (Å²) in [7, 11) is 2.15. The molecular weight excluding hydrogens is 264 g/mol. The zero-order valence-electron chi connectivity index (χ0n) is 12.6. The van der Waals surface area contributed by atoms with E-state index in [-0.39, 0.29) is 0 Å². The Kier molecular flexibility index (Phi) is 3.76. The first-order chi connectivity index (χ1) is 10.2. The van der Waals surface area contributed by atoms with Crippen LogP contribution in [0.3, 0.4) is 0 Å². The molecule has 6 nitrogen and oxygen atoms in total. The summed E-state index contributed by atoms with van der Waals surface area (Å²) in [6.45, 7) is 6.70. The van der Waals surface area contributed by atoms with E-state index >= 15 is 0 Å². The van der Waals surface area contributed by atoms with Gasteiger partial charge < -0.3 is 14.4 Å². The molecule has 0 bridgehead atoms. The molecule has 3 rings (SSSR count). The van der Waals surface area contributed by atoms with E-state index in [9.17, 15) is 0 Å². The minimum absolute atomic E-state index is 0.497. The molecule has 1 aliphatic heterocycles. The van der Waals surface area contributed by atoms with Crippen LogP contribution in [0.4, 0.5) is 5.82 Å². The fourth-order valence-corrected chi connectivity index (χ4v) is 2.77. The zero-order chi connectivity index (χ0) is 14.8. The van der Waals surface area contributed by atoms with E-state index < -0.39 is 0 Å². The van der Waals surface area contributed by atoms with Crippen LogP contribution in [0.2, 0.25) is 0 Å². The molecule has 110 valence electrons. The number of likely N-dealkylation sites (N-methyl/N-ethyl adjacent to an activating group) is 1. The van der Waals surface area contributed by atoms with Gasteiger partial charge in [0.2, 0.25) is 0 Å². The third-order valence-electron chi connectivity index (χ3n) is 3.98. The molecule has 0 saturated carbocycles. The molecule has 1 aliphatic rings. The second-order valence-corrected chi connectivity index (χ2v) is 5.54. The Hall–Kier alpha value is -2.13. The minimum Gasteiger partial charge on any atom is -0.353 e. The standard InChI is InChI=1S/C15H20N6/c1-12-17-14-13(4-7-20(14)6-3-5-16)15(18-12)21-10-8-19(2)9-11-21/h4,7H,3,6,8-11H2,1-2H3. The van der Waals surface area contributed by atoms with Crippen LogP contribution in [-0.2, 0) is 6.54 Å². The average molecular weight is 284 g/mol. The second-order valence-electron chi connectivity index (χ2n) is 5.54. The normalized spacial score (nSPS) is 16.3. The molecule has 2 aromatic rings. The van der Waals surface area contributed by atoms with Gasteiger partial charge in [0, 0.05) is 38.9 Å². The van der Waals surface area contributed by atoms with Gasteiger partial charge in [-0.05, 0) is 20.0 Å². The summed E-state index contributed by atoms with van der Waals surface area (Å²) < 4.78 is 2.05. The first kappa shape index (κ1) is 13.8. The van der Waals surface area contributed by atoms with Crippen LogP contribution < -0.4 is 4.90 Å². The summed E-state index contributed by atoms with van der Waals surface area (Å²) in [6, 6.07) is 4.26. The molecule has 0 N–H and O–H groups in total. The molecule has 21 heavy (non-hydrogen) atoms. The van der Waals surface area contributed by atoms with Crippen LogP contribution in [0.1, 0.15) is 12.2 Å². The average Bonchev–Trinajstić information content (AvgIpc) is 2.88. The number of aryl methyl sites for hydroxylation is 2. The Morgan fingerprint density at radius 1 is 1.24 bits per heavy atom. The maximum absolute atomic E-state index is 8.77. The summed E-state index contributed by atoms with van der Waals surface area (Å²) >= 11 is 0. The van der Waals surface area contributed by atoms with Crippen LogP contribution in [0, 0.1) is 18.3 Å². The molecule has 3 heterocycles. The quantitative estimate of drug-likeness (QED) is 0.852. The van der Waals surface area contributed by atoms with Gasteiger partial charge in [0.15, 0.2) is 0 Å². The molecule has 0 radical (unpaired) electrons. The smallest absolute Gasteiger partial charge is 0.145 e. The first-order valence-electron chi connectivity index (χ1n) is 7.33.